The highest BCUT2D eigenvalue weighted by Crippen LogP contribution is 2.21. The van der Waals surface area contributed by atoms with Crippen molar-refractivity contribution < 1.29 is 13.2 Å². The smallest absolute Gasteiger partial charge is 0.246 e. The lowest BCUT2D eigenvalue weighted by atomic mass is 10.0. The van der Waals surface area contributed by atoms with E-state index in [4.69, 9.17) is 0 Å². The Balaban J connectivity index is 1.61. The van der Waals surface area contributed by atoms with E-state index in [1.165, 1.54) is 10.4 Å². The molecule has 0 spiro atoms. The SMILES string of the molecule is CC(C)c1ccc(S(=O)(=O)N2CCN(C(=O)/C=C/c3cccnc3)CC2)cc1. The lowest BCUT2D eigenvalue weighted by Gasteiger charge is -2.33. The summed E-state index contributed by atoms with van der Waals surface area (Å²) in [5.74, 6) is 0.230. The first-order chi connectivity index (χ1) is 13.4. The first-order valence-corrected chi connectivity index (χ1v) is 10.8. The number of hydrogen-bond donors (Lipinski definition) is 0. The standard InChI is InChI=1S/C21H25N3O3S/c1-17(2)19-6-8-20(9-7-19)28(26,27)24-14-12-23(13-15-24)21(25)10-5-18-4-3-11-22-16-18/h3-11,16-17H,12-15H2,1-2H3/b10-5+. The highest BCUT2D eigenvalue weighted by Gasteiger charge is 2.29. The largest absolute Gasteiger partial charge is 0.337 e. The van der Waals surface area contributed by atoms with Crippen LogP contribution in [0.5, 0.6) is 0 Å². The van der Waals surface area contributed by atoms with Crippen molar-refractivity contribution >= 4 is 22.0 Å². The molecule has 2 heterocycles. The van der Waals surface area contributed by atoms with E-state index < -0.39 is 10.0 Å². The maximum absolute atomic E-state index is 12.9. The molecule has 0 atom stereocenters. The van der Waals surface area contributed by atoms with Crippen molar-refractivity contribution in [3.05, 3.63) is 66.0 Å². The zero-order valence-corrected chi connectivity index (χ0v) is 17.0. The summed E-state index contributed by atoms with van der Waals surface area (Å²) in [6.45, 7) is 5.48. The Morgan fingerprint density at radius 3 is 2.32 bits per heavy atom. The second kappa shape index (κ2) is 8.67. The van der Waals surface area contributed by atoms with Crippen molar-refractivity contribution in [2.24, 2.45) is 0 Å². The molecule has 0 saturated carbocycles. The van der Waals surface area contributed by atoms with Crippen molar-refractivity contribution in [2.75, 3.05) is 26.2 Å². The predicted molar refractivity (Wildman–Crippen MR) is 109 cm³/mol. The number of carbonyl (C=O) groups excluding carboxylic acids is 1. The van der Waals surface area contributed by atoms with Gasteiger partial charge in [0.1, 0.15) is 0 Å². The average molecular weight is 400 g/mol. The van der Waals surface area contributed by atoms with Crippen LogP contribution in [0.25, 0.3) is 6.08 Å². The van der Waals surface area contributed by atoms with Gasteiger partial charge in [-0.05, 0) is 41.3 Å². The molecule has 0 unspecified atom stereocenters. The van der Waals surface area contributed by atoms with Crippen LogP contribution in [-0.4, -0.2) is 54.7 Å². The molecule has 1 aliphatic rings. The lowest BCUT2D eigenvalue weighted by Crippen LogP contribution is -2.50. The Hall–Kier alpha value is -2.51. The van der Waals surface area contributed by atoms with Crippen molar-refractivity contribution in [2.45, 2.75) is 24.7 Å². The molecular formula is C21H25N3O3S. The van der Waals surface area contributed by atoms with Gasteiger partial charge in [-0.1, -0.05) is 32.0 Å². The van der Waals surface area contributed by atoms with Crippen LogP contribution in [0.3, 0.4) is 0 Å². The number of aromatic nitrogens is 1. The second-order valence-corrected chi connectivity index (χ2v) is 9.01. The van der Waals surface area contributed by atoms with Crippen molar-refractivity contribution in [1.82, 2.24) is 14.2 Å². The molecule has 7 heteroatoms. The fourth-order valence-corrected chi connectivity index (χ4v) is 4.49. The monoisotopic (exact) mass is 399 g/mol. The minimum atomic E-state index is -3.54. The van der Waals surface area contributed by atoms with Gasteiger partial charge in [0.15, 0.2) is 0 Å². The molecule has 1 aromatic heterocycles. The molecule has 3 rings (SSSR count). The number of nitrogens with zero attached hydrogens (tertiary/aromatic N) is 3. The summed E-state index contributed by atoms with van der Waals surface area (Å²) in [5.41, 5.74) is 1.96. The molecule has 0 aliphatic carbocycles. The van der Waals surface area contributed by atoms with E-state index in [0.29, 0.717) is 37.0 Å². The van der Waals surface area contributed by atoms with Gasteiger partial charge in [-0.3, -0.25) is 9.78 Å². The van der Waals surface area contributed by atoms with E-state index in [0.717, 1.165) is 11.1 Å². The number of carbonyl (C=O) groups is 1. The molecule has 6 nitrogen and oxygen atoms in total. The molecule has 2 aromatic rings. The van der Waals surface area contributed by atoms with Crippen molar-refractivity contribution in [1.29, 1.82) is 0 Å². The van der Waals surface area contributed by atoms with Gasteiger partial charge in [0.05, 0.1) is 4.90 Å². The second-order valence-electron chi connectivity index (χ2n) is 7.07. The lowest BCUT2D eigenvalue weighted by molar-refractivity contribution is -0.127. The Kier molecular flexibility index (Phi) is 6.26. The van der Waals surface area contributed by atoms with E-state index >= 15 is 0 Å². The van der Waals surface area contributed by atoms with Gasteiger partial charge in [0.2, 0.25) is 15.9 Å². The van der Waals surface area contributed by atoms with Crippen LogP contribution in [-0.2, 0) is 14.8 Å². The summed E-state index contributed by atoms with van der Waals surface area (Å²) in [6, 6.07) is 10.7. The summed E-state index contributed by atoms with van der Waals surface area (Å²) >= 11 is 0. The average Bonchev–Trinajstić information content (AvgIpc) is 2.73. The molecule has 28 heavy (non-hydrogen) atoms. The Bertz CT molecular complexity index is 931. The van der Waals surface area contributed by atoms with Crippen LogP contribution in [0.2, 0.25) is 0 Å². The van der Waals surface area contributed by atoms with Crippen LogP contribution in [0.4, 0.5) is 0 Å². The zero-order valence-electron chi connectivity index (χ0n) is 16.2. The Morgan fingerprint density at radius 1 is 1.07 bits per heavy atom. The molecular weight excluding hydrogens is 374 g/mol. The molecule has 1 aliphatic heterocycles. The number of piperazine rings is 1. The summed E-state index contributed by atoms with van der Waals surface area (Å²) in [5, 5.41) is 0. The molecule has 0 radical (unpaired) electrons. The first kappa shape index (κ1) is 20.2. The van der Waals surface area contributed by atoms with Gasteiger partial charge < -0.3 is 4.90 Å². The molecule has 0 bridgehead atoms. The van der Waals surface area contributed by atoms with Gasteiger partial charge in [-0.15, -0.1) is 0 Å². The number of hydrogen-bond acceptors (Lipinski definition) is 4. The topological polar surface area (TPSA) is 70.6 Å². The van der Waals surface area contributed by atoms with Crippen molar-refractivity contribution in [3.8, 4) is 0 Å². The van der Waals surface area contributed by atoms with Crippen LogP contribution >= 0.6 is 0 Å². The third-order valence-electron chi connectivity index (χ3n) is 4.84. The summed E-state index contributed by atoms with van der Waals surface area (Å²) in [4.78, 5) is 18.3. The molecule has 1 fully saturated rings. The third kappa shape index (κ3) is 4.66. The van der Waals surface area contributed by atoms with Crippen LogP contribution in [0.15, 0.2) is 59.8 Å². The van der Waals surface area contributed by atoms with E-state index in [1.807, 2.05) is 24.3 Å². The van der Waals surface area contributed by atoms with E-state index in [2.05, 4.69) is 18.8 Å². The summed E-state index contributed by atoms with van der Waals surface area (Å²) in [7, 11) is -3.54. The fourth-order valence-electron chi connectivity index (χ4n) is 3.07. The van der Waals surface area contributed by atoms with Crippen LogP contribution in [0, 0.1) is 0 Å². The molecule has 1 aromatic carbocycles. The van der Waals surface area contributed by atoms with Gasteiger partial charge in [-0.2, -0.15) is 4.31 Å². The zero-order chi connectivity index (χ0) is 20.1. The van der Waals surface area contributed by atoms with Crippen LogP contribution in [0.1, 0.15) is 30.9 Å². The minimum absolute atomic E-state index is 0.123. The van der Waals surface area contributed by atoms with Gasteiger partial charge in [0, 0.05) is 44.6 Å². The van der Waals surface area contributed by atoms with Gasteiger partial charge in [-0.25, -0.2) is 8.42 Å². The fraction of sp³-hybridized carbons (Fsp3) is 0.333. The third-order valence-corrected chi connectivity index (χ3v) is 6.75. The quantitative estimate of drug-likeness (QED) is 0.725. The maximum atomic E-state index is 12.9. The number of pyridine rings is 1. The maximum Gasteiger partial charge on any atom is 0.246 e. The predicted octanol–water partition coefficient (Wildman–Crippen LogP) is 2.75. The Labute approximate surface area is 166 Å². The number of amides is 1. The first-order valence-electron chi connectivity index (χ1n) is 9.35. The highest BCUT2D eigenvalue weighted by molar-refractivity contribution is 7.89. The van der Waals surface area contributed by atoms with Crippen LogP contribution < -0.4 is 0 Å². The van der Waals surface area contributed by atoms with Crippen molar-refractivity contribution in [3.63, 3.8) is 0 Å². The number of benzene rings is 1. The highest BCUT2D eigenvalue weighted by atomic mass is 32.2. The summed E-state index contributed by atoms with van der Waals surface area (Å²) < 4.78 is 27.2. The van der Waals surface area contributed by atoms with E-state index in [-0.39, 0.29) is 5.91 Å². The van der Waals surface area contributed by atoms with Gasteiger partial charge in [0.25, 0.3) is 0 Å². The molecule has 148 valence electrons. The van der Waals surface area contributed by atoms with E-state index in [1.54, 1.807) is 35.5 Å². The Morgan fingerprint density at radius 2 is 1.75 bits per heavy atom. The number of rotatable bonds is 5. The number of sulfonamides is 1. The summed E-state index contributed by atoms with van der Waals surface area (Å²) in [6.07, 6.45) is 6.58. The molecule has 1 amide bonds. The van der Waals surface area contributed by atoms with Gasteiger partial charge >= 0.3 is 0 Å². The molecule has 1 saturated heterocycles. The normalized spacial score (nSPS) is 16.0. The molecule has 0 N–H and O–H groups in total. The minimum Gasteiger partial charge on any atom is -0.337 e. The van der Waals surface area contributed by atoms with E-state index in [9.17, 15) is 13.2 Å².